The van der Waals surface area contributed by atoms with Crippen LogP contribution in [0.3, 0.4) is 0 Å². The number of methoxy groups -OCH3 is 1. The molecule has 1 aromatic carbocycles. The van der Waals surface area contributed by atoms with Gasteiger partial charge in [-0.05, 0) is 25.0 Å². The number of benzene rings is 1. The monoisotopic (exact) mass is 285 g/mol. The van der Waals surface area contributed by atoms with Crippen molar-refractivity contribution in [3.8, 4) is 5.75 Å². The number of hydrogen-bond donors (Lipinski definition) is 1. The topological polar surface area (TPSA) is 38.3 Å². The van der Waals surface area contributed by atoms with Crippen LogP contribution >= 0.6 is 11.6 Å². The van der Waals surface area contributed by atoms with Crippen LogP contribution in [0.25, 0.3) is 0 Å². The Morgan fingerprint density at radius 1 is 1.47 bits per heavy atom. The standard InChI is InChI=1S/C14H17ClFNO2/c1-19-11-6-4-5-10(16)12(11)13(18)17-14(9-15)7-2-3-8-14/h4-6H,2-3,7-9H2,1H3,(H,17,18). The lowest BCUT2D eigenvalue weighted by atomic mass is 9.99. The second kappa shape index (κ2) is 5.78. The molecule has 0 heterocycles. The van der Waals surface area contributed by atoms with Gasteiger partial charge in [0.25, 0.3) is 5.91 Å². The zero-order chi connectivity index (χ0) is 13.9. The summed E-state index contributed by atoms with van der Waals surface area (Å²) in [7, 11) is 1.42. The van der Waals surface area contributed by atoms with Gasteiger partial charge >= 0.3 is 0 Å². The lowest BCUT2D eigenvalue weighted by Crippen LogP contribution is -2.48. The van der Waals surface area contributed by atoms with Crippen molar-refractivity contribution < 1.29 is 13.9 Å². The average Bonchev–Trinajstić information content (AvgIpc) is 2.87. The Labute approximate surface area is 117 Å². The highest BCUT2D eigenvalue weighted by atomic mass is 35.5. The Morgan fingerprint density at radius 2 is 2.16 bits per heavy atom. The highest BCUT2D eigenvalue weighted by molar-refractivity contribution is 6.19. The van der Waals surface area contributed by atoms with E-state index in [1.165, 1.54) is 19.2 Å². The summed E-state index contributed by atoms with van der Waals surface area (Å²) >= 11 is 5.97. The molecular weight excluding hydrogens is 269 g/mol. The quantitative estimate of drug-likeness (QED) is 0.863. The molecule has 104 valence electrons. The van der Waals surface area contributed by atoms with Crippen molar-refractivity contribution in [2.75, 3.05) is 13.0 Å². The van der Waals surface area contributed by atoms with Crippen molar-refractivity contribution in [1.29, 1.82) is 0 Å². The summed E-state index contributed by atoms with van der Waals surface area (Å²) in [6, 6.07) is 4.33. The van der Waals surface area contributed by atoms with Gasteiger partial charge in [0.1, 0.15) is 17.1 Å². The van der Waals surface area contributed by atoms with E-state index >= 15 is 0 Å². The fourth-order valence-corrected chi connectivity index (χ4v) is 2.88. The van der Waals surface area contributed by atoms with Crippen molar-refractivity contribution in [3.63, 3.8) is 0 Å². The molecule has 1 aromatic rings. The molecule has 0 radical (unpaired) electrons. The molecular formula is C14H17ClFNO2. The molecule has 0 aliphatic heterocycles. The Balaban J connectivity index is 2.25. The van der Waals surface area contributed by atoms with Crippen molar-refractivity contribution >= 4 is 17.5 Å². The van der Waals surface area contributed by atoms with Gasteiger partial charge in [-0.2, -0.15) is 0 Å². The maximum atomic E-state index is 13.8. The maximum absolute atomic E-state index is 13.8. The van der Waals surface area contributed by atoms with Crippen molar-refractivity contribution in [2.24, 2.45) is 0 Å². The van der Waals surface area contributed by atoms with Crippen molar-refractivity contribution in [3.05, 3.63) is 29.6 Å². The molecule has 1 saturated carbocycles. The van der Waals surface area contributed by atoms with Crippen LogP contribution in [-0.4, -0.2) is 24.4 Å². The Bertz CT molecular complexity index is 473. The highest BCUT2D eigenvalue weighted by Crippen LogP contribution is 2.32. The summed E-state index contributed by atoms with van der Waals surface area (Å²) in [6.45, 7) is 0. The molecule has 2 rings (SSSR count). The molecule has 0 spiro atoms. The molecule has 1 aliphatic rings. The van der Waals surface area contributed by atoms with Crippen LogP contribution in [-0.2, 0) is 0 Å². The number of nitrogens with one attached hydrogen (secondary N) is 1. The Morgan fingerprint density at radius 3 is 2.74 bits per heavy atom. The van der Waals surface area contributed by atoms with Crippen LogP contribution in [0.5, 0.6) is 5.75 Å². The van der Waals surface area contributed by atoms with E-state index in [0.29, 0.717) is 5.88 Å². The second-order valence-corrected chi connectivity index (χ2v) is 5.16. The summed E-state index contributed by atoms with van der Waals surface area (Å²) in [6.07, 6.45) is 3.72. The van der Waals surface area contributed by atoms with Crippen LogP contribution in [0.15, 0.2) is 18.2 Å². The molecule has 3 nitrogen and oxygen atoms in total. The maximum Gasteiger partial charge on any atom is 0.258 e. The number of halogens is 2. The molecule has 1 fully saturated rings. The minimum absolute atomic E-state index is 0.0543. The third-order valence-corrected chi connectivity index (χ3v) is 4.13. The smallest absolute Gasteiger partial charge is 0.258 e. The SMILES string of the molecule is COc1cccc(F)c1C(=O)NC1(CCl)CCCC1. The first-order valence-electron chi connectivity index (χ1n) is 6.33. The zero-order valence-corrected chi connectivity index (χ0v) is 11.6. The Hall–Kier alpha value is -1.29. The number of carbonyl (C=O) groups excluding carboxylic acids is 1. The van der Waals surface area contributed by atoms with E-state index in [1.54, 1.807) is 6.07 Å². The third kappa shape index (κ3) is 2.84. The molecule has 0 saturated heterocycles. The van der Waals surface area contributed by atoms with Crippen molar-refractivity contribution in [2.45, 2.75) is 31.2 Å². The number of amides is 1. The normalized spacial score (nSPS) is 17.2. The van der Waals surface area contributed by atoms with E-state index in [9.17, 15) is 9.18 Å². The van der Waals surface area contributed by atoms with Crippen LogP contribution < -0.4 is 10.1 Å². The number of ether oxygens (including phenoxy) is 1. The van der Waals surface area contributed by atoms with Crippen LogP contribution in [0.2, 0.25) is 0 Å². The second-order valence-electron chi connectivity index (χ2n) is 4.89. The Kier molecular flexibility index (Phi) is 4.30. The summed E-state index contributed by atoms with van der Waals surface area (Å²) in [5.41, 5.74) is -0.465. The number of carbonyl (C=O) groups is 1. The molecule has 1 N–H and O–H groups in total. The highest BCUT2D eigenvalue weighted by Gasteiger charge is 2.35. The van der Waals surface area contributed by atoms with Crippen molar-refractivity contribution in [1.82, 2.24) is 5.32 Å². The van der Waals surface area contributed by atoms with Gasteiger partial charge in [0.2, 0.25) is 0 Å². The van der Waals surface area contributed by atoms with Gasteiger partial charge in [-0.1, -0.05) is 18.9 Å². The minimum atomic E-state index is -0.584. The number of alkyl halides is 1. The van der Waals surface area contributed by atoms with Crippen LogP contribution in [0, 0.1) is 5.82 Å². The summed E-state index contributed by atoms with van der Waals surface area (Å²) in [4.78, 5) is 12.3. The molecule has 1 aliphatic carbocycles. The van der Waals surface area contributed by atoms with Gasteiger partial charge < -0.3 is 10.1 Å². The number of hydrogen-bond acceptors (Lipinski definition) is 2. The molecule has 0 unspecified atom stereocenters. The molecule has 19 heavy (non-hydrogen) atoms. The van der Waals surface area contributed by atoms with Gasteiger partial charge in [0, 0.05) is 5.88 Å². The first kappa shape index (κ1) is 14.1. The van der Waals surface area contributed by atoms with E-state index in [1.807, 2.05) is 0 Å². The van der Waals surface area contributed by atoms with E-state index in [2.05, 4.69) is 5.32 Å². The fraction of sp³-hybridized carbons (Fsp3) is 0.500. The predicted octanol–water partition coefficient (Wildman–Crippen LogP) is 3.12. The van der Waals surface area contributed by atoms with Crippen LogP contribution in [0.4, 0.5) is 4.39 Å². The zero-order valence-electron chi connectivity index (χ0n) is 10.8. The van der Waals surface area contributed by atoms with Gasteiger partial charge in [0.15, 0.2) is 0 Å². The van der Waals surface area contributed by atoms with E-state index in [4.69, 9.17) is 16.3 Å². The minimum Gasteiger partial charge on any atom is -0.496 e. The summed E-state index contributed by atoms with van der Waals surface area (Å²) in [5, 5.41) is 2.88. The first-order valence-corrected chi connectivity index (χ1v) is 6.86. The predicted molar refractivity (Wildman–Crippen MR) is 72.3 cm³/mol. The summed E-state index contributed by atoms with van der Waals surface area (Å²) in [5.74, 6) is -0.465. The van der Waals surface area contributed by atoms with Gasteiger partial charge in [-0.3, -0.25) is 4.79 Å². The lowest BCUT2D eigenvalue weighted by molar-refractivity contribution is 0.0902. The third-order valence-electron chi connectivity index (χ3n) is 3.62. The summed E-state index contributed by atoms with van der Waals surface area (Å²) < 4.78 is 18.9. The number of rotatable bonds is 4. The molecule has 0 aromatic heterocycles. The van der Waals surface area contributed by atoms with Gasteiger partial charge in [-0.15, -0.1) is 11.6 Å². The van der Waals surface area contributed by atoms with Gasteiger partial charge in [-0.25, -0.2) is 4.39 Å². The van der Waals surface area contributed by atoms with E-state index in [0.717, 1.165) is 25.7 Å². The first-order chi connectivity index (χ1) is 9.12. The molecule has 0 atom stereocenters. The molecule has 1 amide bonds. The molecule has 5 heteroatoms. The fourth-order valence-electron chi connectivity index (χ4n) is 2.54. The average molecular weight is 286 g/mol. The lowest BCUT2D eigenvalue weighted by Gasteiger charge is -2.28. The largest absolute Gasteiger partial charge is 0.496 e. The van der Waals surface area contributed by atoms with Crippen LogP contribution in [0.1, 0.15) is 36.0 Å². The van der Waals surface area contributed by atoms with E-state index in [-0.39, 0.29) is 11.3 Å². The van der Waals surface area contributed by atoms with E-state index < -0.39 is 17.3 Å². The molecule has 0 bridgehead atoms. The van der Waals surface area contributed by atoms with Gasteiger partial charge in [0.05, 0.1) is 12.6 Å².